The predicted octanol–water partition coefficient (Wildman–Crippen LogP) is 2.47. The molecule has 1 nitrogen and oxygen atoms in total. The number of rotatable bonds is 3. The summed E-state index contributed by atoms with van der Waals surface area (Å²) >= 11 is 0. The summed E-state index contributed by atoms with van der Waals surface area (Å²) in [4.78, 5) is 0. The van der Waals surface area contributed by atoms with Gasteiger partial charge in [-0.05, 0) is 37.3 Å². The van der Waals surface area contributed by atoms with Gasteiger partial charge in [-0.15, -0.1) is 0 Å². The van der Waals surface area contributed by atoms with Crippen molar-refractivity contribution in [1.29, 1.82) is 0 Å². The molecule has 13 heavy (non-hydrogen) atoms. The van der Waals surface area contributed by atoms with Crippen molar-refractivity contribution in [2.45, 2.75) is 27.2 Å². The van der Waals surface area contributed by atoms with E-state index in [2.05, 4.69) is 39.0 Å². The van der Waals surface area contributed by atoms with Crippen LogP contribution in [0.4, 0.5) is 0 Å². The molecule has 1 heteroatoms. The van der Waals surface area contributed by atoms with Crippen molar-refractivity contribution < 1.29 is 5.11 Å². The monoisotopic (exact) mass is 178 g/mol. The van der Waals surface area contributed by atoms with Gasteiger partial charge in [-0.1, -0.05) is 30.7 Å². The second-order valence-electron chi connectivity index (χ2n) is 3.92. The summed E-state index contributed by atoms with van der Waals surface area (Å²) in [5.74, 6) is 0.362. The Kier molecular flexibility index (Phi) is 3.49. The van der Waals surface area contributed by atoms with Crippen LogP contribution in [0.25, 0.3) is 0 Å². The molecule has 0 aromatic heterocycles. The Hall–Kier alpha value is -0.820. The average molecular weight is 178 g/mol. The summed E-state index contributed by atoms with van der Waals surface area (Å²) < 4.78 is 0. The molecule has 1 atom stereocenters. The quantitative estimate of drug-likeness (QED) is 0.754. The number of hydrogen-bond acceptors (Lipinski definition) is 1. The van der Waals surface area contributed by atoms with Gasteiger partial charge in [-0.25, -0.2) is 0 Å². The Labute approximate surface area is 80.4 Å². The highest BCUT2D eigenvalue weighted by Crippen LogP contribution is 2.14. The molecule has 0 aliphatic carbocycles. The van der Waals surface area contributed by atoms with E-state index in [4.69, 9.17) is 5.11 Å². The van der Waals surface area contributed by atoms with Crippen LogP contribution in [-0.2, 0) is 6.42 Å². The van der Waals surface area contributed by atoms with Crippen LogP contribution in [0.5, 0.6) is 0 Å². The van der Waals surface area contributed by atoms with Crippen molar-refractivity contribution in [1.82, 2.24) is 0 Å². The lowest BCUT2D eigenvalue weighted by atomic mass is 9.96. The summed E-state index contributed by atoms with van der Waals surface area (Å²) in [7, 11) is 0. The largest absolute Gasteiger partial charge is 0.396 e. The summed E-state index contributed by atoms with van der Waals surface area (Å²) in [6.07, 6.45) is 0.976. The molecule has 0 saturated heterocycles. The van der Waals surface area contributed by atoms with E-state index in [0.29, 0.717) is 5.92 Å². The van der Waals surface area contributed by atoms with E-state index in [0.717, 1.165) is 6.42 Å². The number of aliphatic hydroxyl groups is 1. The van der Waals surface area contributed by atoms with Crippen molar-refractivity contribution in [3.8, 4) is 0 Å². The third kappa shape index (κ3) is 2.85. The van der Waals surface area contributed by atoms with Crippen molar-refractivity contribution in [2.24, 2.45) is 5.92 Å². The molecule has 72 valence electrons. The third-order valence-corrected chi connectivity index (χ3v) is 2.38. The minimum atomic E-state index is 0.271. The second kappa shape index (κ2) is 4.43. The first-order valence-corrected chi connectivity index (χ1v) is 4.80. The fourth-order valence-corrected chi connectivity index (χ4v) is 1.46. The van der Waals surface area contributed by atoms with Crippen LogP contribution in [0.15, 0.2) is 18.2 Å². The van der Waals surface area contributed by atoms with Crippen molar-refractivity contribution in [2.75, 3.05) is 6.61 Å². The zero-order valence-corrected chi connectivity index (χ0v) is 8.67. The molecule has 0 aliphatic rings. The van der Waals surface area contributed by atoms with Crippen LogP contribution in [0.2, 0.25) is 0 Å². The molecule has 1 rings (SSSR count). The highest BCUT2D eigenvalue weighted by molar-refractivity contribution is 5.30. The number of benzene rings is 1. The Bertz CT molecular complexity index is 278. The Balaban J connectivity index is 2.81. The predicted molar refractivity (Wildman–Crippen MR) is 55.9 cm³/mol. The fraction of sp³-hybridized carbons (Fsp3) is 0.500. The van der Waals surface area contributed by atoms with E-state index >= 15 is 0 Å². The third-order valence-electron chi connectivity index (χ3n) is 2.38. The summed E-state index contributed by atoms with van der Waals surface area (Å²) in [6, 6.07) is 6.48. The zero-order chi connectivity index (χ0) is 9.84. The topological polar surface area (TPSA) is 20.2 Å². The maximum Gasteiger partial charge on any atom is 0.0459 e. The molecule has 0 saturated carbocycles. The first-order chi connectivity index (χ1) is 6.13. The minimum Gasteiger partial charge on any atom is -0.396 e. The molecule has 0 amide bonds. The Morgan fingerprint density at radius 1 is 1.31 bits per heavy atom. The van der Waals surface area contributed by atoms with Gasteiger partial charge in [0.2, 0.25) is 0 Å². The van der Waals surface area contributed by atoms with Crippen LogP contribution < -0.4 is 0 Å². The molecule has 1 N–H and O–H groups in total. The summed E-state index contributed by atoms with van der Waals surface area (Å²) in [5.41, 5.74) is 3.98. The van der Waals surface area contributed by atoms with E-state index in [1.807, 2.05) is 0 Å². The van der Waals surface area contributed by atoms with Crippen molar-refractivity contribution in [3.63, 3.8) is 0 Å². The molecule has 0 bridgehead atoms. The van der Waals surface area contributed by atoms with Gasteiger partial charge in [0.05, 0.1) is 0 Å². The highest BCUT2D eigenvalue weighted by atomic mass is 16.3. The molecule has 1 aromatic carbocycles. The number of aryl methyl sites for hydroxylation is 2. The molecule has 1 unspecified atom stereocenters. The van der Waals surface area contributed by atoms with Gasteiger partial charge in [-0.3, -0.25) is 0 Å². The van der Waals surface area contributed by atoms with Gasteiger partial charge in [-0.2, -0.15) is 0 Å². The van der Waals surface area contributed by atoms with Gasteiger partial charge in [0.25, 0.3) is 0 Å². The molecular formula is C12H18O. The molecule has 1 aromatic rings. The van der Waals surface area contributed by atoms with Gasteiger partial charge in [0.1, 0.15) is 0 Å². The SMILES string of the molecule is Cc1ccc(C)c(CC(C)CO)c1. The Morgan fingerprint density at radius 2 is 2.00 bits per heavy atom. The van der Waals surface area contributed by atoms with Crippen molar-refractivity contribution in [3.05, 3.63) is 34.9 Å². The molecule has 0 fully saturated rings. The molecule has 0 heterocycles. The lowest BCUT2D eigenvalue weighted by Gasteiger charge is -2.11. The van der Waals surface area contributed by atoms with E-state index < -0.39 is 0 Å². The number of aliphatic hydroxyl groups excluding tert-OH is 1. The molecule has 0 radical (unpaired) electrons. The zero-order valence-electron chi connectivity index (χ0n) is 8.67. The lowest BCUT2D eigenvalue weighted by Crippen LogP contribution is -2.05. The molecule has 0 spiro atoms. The lowest BCUT2D eigenvalue weighted by molar-refractivity contribution is 0.237. The first-order valence-electron chi connectivity index (χ1n) is 4.80. The maximum atomic E-state index is 8.96. The first kappa shape index (κ1) is 10.3. The van der Waals surface area contributed by atoms with E-state index in [1.165, 1.54) is 16.7 Å². The van der Waals surface area contributed by atoms with Crippen molar-refractivity contribution >= 4 is 0 Å². The van der Waals surface area contributed by atoms with Crippen LogP contribution >= 0.6 is 0 Å². The summed E-state index contributed by atoms with van der Waals surface area (Å²) in [5, 5.41) is 8.96. The van der Waals surface area contributed by atoms with Gasteiger partial charge < -0.3 is 5.11 Å². The average Bonchev–Trinajstić information content (AvgIpc) is 2.11. The second-order valence-corrected chi connectivity index (χ2v) is 3.92. The van der Waals surface area contributed by atoms with Crippen LogP contribution in [-0.4, -0.2) is 11.7 Å². The van der Waals surface area contributed by atoms with Gasteiger partial charge in [0.15, 0.2) is 0 Å². The van der Waals surface area contributed by atoms with Crippen LogP contribution in [0.1, 0.15) is 23.6 Å². The Morgan fingerprint density at radius 3 is 2.62 bits per heavy atom. The van der Waals surface area contributed by atoms with Gasteiger partial charge >= 0.3 is 0 Å². The number of hydrogen-bond donors (Lipinski definition) is 1. The molecule has 0 aliphatic heterocycles. The van der Waals surface area contributed by atoms with E-state index in [1.54, 1.807) is 0 Å². The van der Waals surface area contributed by atoms with E-state index in [-0.39, 0.29) is 6.61 Å². The minimum absolute atomic E-state index is 0.271. The standard InChI is InChI=1S/C12H18O/c1-9-4-5-11(3)12(6-9)7-10(2)8-13/h4-6,10,13H,7-8H2,1-3H3. The normalized spacial score (nSPS) is 12.9. The van der Waals surface area contributed by atoms with Crippen LogP contribution in [0, 0.1) is 19.8 Å². The smallest absolute Gasteiger partial charge is 0.0459 e. The van der Waals surface area contributed by atoms with E-state index in [9.17, 15) is 0 Å². The molecular weight excluding hydrogens is 160 g/mol. The highest BCUT2D eigenvalue weighted by Gasteiger charge is 2.04. The maximum absolute atomic E-state index is 8.96. The van der Waals surface area contributed by atoms with Crippen LogP contribution in [0.3, 0.4) is 0 Å². The summed E-state index contributed by atoms with van der Waals surface area (Å²) in [6.45, 7) is 6.57. The van der Waals surface area contributed by atoms with Gasteiger partial charge in [0, 0.05) is 6.61 Å². The fourth-order valence-electron chi connectivity index (χ4n) is 1.46.